The number of rotatable bonds is 5. The molecule has 0 aliphatic carbocycles. The summed E-state index contributed by atoms with van der Waals surface area (Å²) < 4.78 is 31.5. The number of sulfonamides is 1. The van der Waals surface area contributed by atoms with Crippen LogP contribution in [0.2, 0.25) is 0 Å². The average molecular weight is 326 g/mol. The number of benzene rings is 1. The van der Waals surface area contributed by atoms with Crippen molar-refractivity contribution < 1.29 is 17.8 Å². The molecule has 0 unspecified atom stereocenters. The minimum Gasteiger partial charge on any atom is -0.354 e. The molecule has 0 spiro atoms. The summed E-state index contributed by atoms with van der Waals surface area (Å²) in [6, 6.07) is 4.58. The van der Waals surface area contributed by atoms with Crippen LogP contribution in [0.15, 0.2) is 27.7 Å². The van der Waals surface area contributed by atoms with E-state index in [1.807, 2.05) is 0 Å². The number of carbonyl (C=O) groups is 1. The number of fused-ring (bicyclic) bond motifs is 1. The summed E-state index contributed by atoms with van der Waals surface area (Å²) >= 11 is 0. The molecule has 2 aromatic rings. The van der Waals surface area contributed by atoms with E-state index >= 15 is 0 Å². The van der Waals surface area contributed by atoms with Crippen LogP contribution in [0.1, 0.15) is 20.8 Å². The SMILES string of the molecule is CC(C)(C)C(=O)NCCNS(=O)(=O)c1cccc2nonc12. The van der Waals surface area contributed by atoms with Gasteiger partial charge in [-0.1, -0.05) is 26.8 Å². The summed E-state index contributed by atoms with van der Waals surface area (Å²) in [4.78, 5) is 11.7. The number of aromatic nitrogens is 2. The minimum absolute atomic E-state index is 0.00611. The molecule has 0 saturated carbocycles. The van der Waals surface area contributed by atoms with Gasteiger partial charge in [-0.15, -0.1) is 0 Å². The average Bonchev–Trinajstić information content (AvgIpc) is 2.90. The lowest BCUT2D eigenvalue weighted by molar-refractivity contribution is -0.128. The van der Waals surface area contributed by atoms with Crippen LogP contribution in [0.4, 0.5) is 0 Å². The molecule has 1 aromatic carbocycles. The largest absolute Gasteiger partial charge is 0.354 e. The summed E-state index contributed by atoms with van der Waals surface area (Å²) in [5, 5.41) is 9.87. The fourth-order valence-corrected chi connectivity index (χ4v) is 2.88. The van der Waals surface area contributed by atoms with Crippen molar-refractivity contribution in [3.05, 3.63) is 18.2 Å². The monoisotopic (exact) mass is 326 g/mol. The Morgan fingerprint density at radius 3 is 2.64 bits per heavy atom. The summed E-state index contributed by atoms with van der Waals surface area (Å²) in [6.45, 7) is 5.62. The van der Waals surface area contributed by atoms with E-state index in [0.29, 0.717) is 5.52 Å². The first-order valence-electron chi connectivity index (χ1n) is 6.71. The van der Waals surface area contributed by atoms with Gasteiger partial charge in [0, 0.05) is 18.5 Å². The Morgan fingerprint density at radius 1 is 1.23 bits per heavy atom. The smallest absolute Gasteiger partial charge is 0.242 e. The lowest BCUT2D eigenvalue weighted by Crippen LogP contribution is -2.39. The summed E-state index contributed by atoms with van der Waals surface area (Å²) in [5.74, 6) is -0.144. The highest BCUT2D eigenvalue weighted by atomic mass is 32.2. The van der Waals surface area contributed by atoms with Gasteiger partial charge >= 0.3 is 0 Å². The Labute approximate surface area is 128 Å². The van der Waals surface area contributed by atoms with Crippen LogP contribution < -0.4 is 10.0 Å². The molecule has 0 radical (unpaired) electrons. The van der Waals surface area contributed by atoms with Gasteiger partial charge in [0.2, 0.25) is 15.9 Å². The quantitative estimate of drug-likeness (QED) is 0.780. The van der Waals surface area contributed by atoms with Crippen LogP contribution in [0.3, 0.4) is 0 Å². The van der Waals surface area contributed by atoms with Crippen molar-refractivity contribution in [1.29, 1.82) is 0 Å². The van der Waals surface area contributed by atoms with Gasteiger partial charge in [-0.2, -0.15) is 0 Å². The van der Waals surface area contributed by atoms with Gasteiger partial charge in [0.25, 0.3) is 0 Å². The molecule has 1 amide bonds. The normalized spacial score (nSPS) is 12.5. The molecule has 0 aliphatic rings. The summed E-state index contributed by atoms with van der Waals surface area (Å²) in [6.07, 6.45) is 0. The van der Waals surface area contributed by atoms with Crippen LogP contribution in [-0.2, 0) is 14.8 Å². The van der Waals surface area contributed by atoms with Gasteiger partial charge in [0.05, 0.1) is 0 Å². The molecule has 0 fully saturated rings. The van der Waals surface area contributed by atoms with Crippen LogP contribution in [-0.4, -0.2) is 37.7 Å². The van der Waals surface area contributed by atoms with Gasteiger partial charge in [-0.3, -0.25) is 4.79 Å². The van der Waals surface area contributed by atoms with E-state index in [4.69, 9.17) is 0 Å². The third kappa shape index (κ3) is 3.60. The standard InChI is InChI=1S/C13H18N4O4S/c1-13(2,3)12(18)14-7-8-15-22(19,20)10-6-4-5-9-11(10)17-21-16-9/h4-6,15H,7-8H2,1-3H3,(H,14,18). The van der Waals surface area contributed by atoms with Crippen LogP contribution in [0, 0.1) is 5.41 Å². The molecule has 0 saturated heterocycles. The van der Waals surface area contributed by atoms with E-state index in [0.717, 1.165) is 0 Å². The van der Waals surface area contributed by atoms with Gasteiger partial charge < -0.3 is 5.32 Å². The first-order valence-corrected chi connectivity index (χ1v) is 8.19. The zero-order chi connectivity index (χ0) is 16.4. The van der Waals surface area contributed by atoms with Crippen molar-refractivity contribution in [3.63, 3.8) is 0 Å². The lowest BCUT2D eigenvalue weighted by atomic mass is 9.96. The van der Waals surface area contributed by atoms with Gasteiger partial charge in [-0.05, 0) is 22.4 Å². The van der Waals surface area contributed by atoms with Crippen molar-refractivity contribution in [1.82, 2.24) is 20.4 Å². The highest BCUT2D eigenvalue weighted by molar-refractivity contribution is 7.89. The maximum Gasteiger partial charge on any atom is 0.242 e. The van der Waals surface area contributed by atoms with Crippen molar-refractivity contribution in [3.8, 4) is 0 Å². The van der Waals surface area contributed by atoms with Gasteiger partial charge in [-0.25, -0.2) is 17.8 Å². The molecule has 120 valence electrons. The zero-order valence-electron chi connectivity index (χ0n) is 12.6. The topological polar surface area (TPSA) is 114 Å². The predicted molar refractivity (Wildman–Crippen MR) is 79.5 cm³/mol. The molecule has 8 nitrogen and oxygen atoms in total. The molecular formula is C13H18N4O4S. The van der Waals surface area contributed by atoms with Gasteiger partial charge in [0.15, 0.2) is 5.52 Å². The first kappa shape index (κ1) is 16.4. The Hall–Kier alpha value is -2.00. The molecule has 2 N–H and O–H groups in total. The van der Waals surface area contributed by atoms with E-state index < -0.39 is 15.4 Å². The van der Waals surface area contributed by atoms with E-state index in [2.05, 4.69) is 25.0 Å². The molecule has 0 atom stereocenters. The second-order valence-electron chi connectivity index (χ2n) is 5.79. The molecule has 1 aromatic heterocycles. The highest BCUT2D eigenvalue weighted by Gasteiger charge is 2.22. The maximum absolute atomic E-state index is 12.3. The number of amides is 1. The van der Waals surface area contributed by atoms with Crippen molar-refractivity contribution in [2.24, 2.45) is 5.41 Å². The molecule has 22 heavy (non-hydrogen) atoms. The number of hydrogen-bond donors (Lipinski definition) is 2. The second kappa shape index (κ2) is 6.01. The van der Waals surface area contributed by atoms with Crippen molar-refractivity contribution >= 4 is 27.0 Å². The third-order valence-electron chi connectivity index (χ3n) is 2.92. The van der Waals surface area contributed by atoms with E-state index in [1.165, 1.54) is 6.07 Å². The fourth-order valence-electron chi connectivity index (χ4n) is 1.70. The lowest BCUT2D eigenvalue weighted by Gasteiger charge is -2.17. The van der Waals surface area contributed by atoms with Crippen LogP contribution in [0.5, 0.6) is 0 Å². The molecular weight excluding hydrogens is 308 g/mol. The molecule has 1 heterocycles. The minimum atomic E-state index is -3.75. The second-order valence-corrected chi connectivity index (χ2v) is 7.53. The fraction of sp³-hybridized carbons (Fsp3) is 0.462. The van der Waals surface area contributed by atoms with E-state index in [9.17, 15) is 13.2 Å². The van der Waals surface area contributed by atoms with Gasteiger partial charge in [0.1, 0.15) is 10.4 Å². The molecule has 0 bridgehead atoms. The Bertz CT molecular complexity index is 777. The van der Waals surface area contributed by atoms with E-state index in [1.54, 1.807) is 32.9 Å². The highest BCUT2D eigenvalue weighted by Crippen LogP contribution is 2.19. The Balaban J connectivity index is 2.01. The number of hydrogen-bond acceptors (Lipinski definition) is 6. The van der Waals surface area contributed by atoms with E-state index in [-0.39, 0.29) is 29.4 Å². The molecule has 2 rings (SSSR count). The van der Waals surface area contributed by atoms with Crippen LogP contribution >= 0.6 is 0 Å². The third-order valence-corrected chi connectivity index (χ3v) is 4.41. The summed E-state index contributed by atoms with van der Waals surface area (Å²) in [5.41, 5.74) is 0.0225. The van der Waals surface area contributed by atoms with Crippen LogP contribution in [0.25, 0.3) is 11.0 Å². The molecule has 0 aliphatic heterocycles. The van der Waals surface area contributed by atoms with Crippen molar-refractivity contribution in [2.45, 2.75) is 25.7 Å². The zero-order valence-corrected chi connectivity index (χ0v) is 13.4. The number of nitrogens with zero attached hydrogens (tertiary/aromatic N) is 2. The Kier molecular flexibility index (Phi) is 4.47. The first-order chi connectivity index (χ1) is 10.2. The summed E-state index contributed by atoms with van der Waals surface area (Å²) in [7, 11) is -3.75. The Morgan fingerprint density at radius 2 is 1.95 bits per heavy atom. The van der Waals surface area contributed by atoms with Crippen molar-refractivity contribution in [2.75, 3.05) is 13.1 Å². The number of nitrogens with one attached hydrogen (secondary N) is 2. The number of carbonyl (C=O) groups excluding carboxylic acids is 1. The predicted octanol–water partition coefficient (Wildman–Crippen LogP) is 0.663. The maximum atomic E-state index is 12.3. The molecule has 9 heteroatoms.